The second-order valence-corrected chi connectivity index (χ2v) is 10.3. The van der Waals surface area contributed by atoms with Crippen LogP contribution in [-0.4, -0.2) is 86.6 Å². The molecule has 11 nitrogen and oxygen atoms in total. The molecule has 2 bridgehead atoms. The summed E-state index contributed by atoms with van der Waals surface area (Å²) < 4.78 is 7.74. The Hall–Kier alpha value is -4.28. The second-order valence-electron chi connectivity index (χ2n) is 10.3. The van der Waals surface area contributed by atoms with E-state index in [0.717, 1.165) is 16.9 Å². The van der Waals surface area contributed by atoms with E-state index < -0.39 is 5.92 Å². The lowest BCUT2D eigenvalue weighted by Crippen LogP contribution is -2.42. The van der Waals surface area contributed by atoms with Gasteiger partial charge in [-0.1, -0.05) is 18.2 Å². The van der Waals surface area contributed by atoms with E-state index in [1.165, 1.54) is 6.33 Å². The van der Waals surface area contributed by atoms with Gasteiger partial charge in [-0.25, -0.2) is 4.98 Å². The van der Waals surface area contributed by atoms with Crippen molar-refractivity contribution in [1.29, 1.82) is 0 Å². The number of hydrogen-bond acceptors (Lipinski definition) is 7. The van der Waals surface area contributed by atoms with Crippen molar-refractivity contribution >= 4 is 17.7 Å². The van der Waals surface area contributed by atoms with E-state index in [2.05, 4.69) is 20.4 Å². The molecule has 2 aliphatic heterocycles. The molecule has 1 aromatic carbocycles. The third kappa shape index (κ3) is 7.02. The summed E-state index contributed by atoms with van der Waals surface area (Å²) in [4.78, 5) is 51.3. The van der Waals surface area contributed by atoms with Gasteiger partial charge in [0.05, 0.1) is 18.9 Å². The monoisotopic (exact) mass is 545 g/mol. The van der Waals surface area contributed by atoms with Gasteiger partial charge in [-0.2, -0.15) is 5.10 Å². The van der Waals surface area contributed by atoms with Crippen molar-refractivity contribution in [2.45, 2.75) is 38.1 Å². The topological polar surface area (TPSA) is 123 Å². The smallest absolute Gasteiger partial charge is 0.227 e. The molecule has 0 spiro atoms. The minimum absolute atomic E-state index is 0.0266. The van der Waals surface area contributed by atoms with Crippen molar-refractivity contribution in [3.63, 3.8) is 0 Å². The molecule has 3 amide bonds. The fourth-order valence-electron chi connectivity index (χ4n) is 5.39. The zero-order chi connectivity index (χ0) is 27.7. The van der Waals surface area contributed by atoms with Crippen LogP contribution in [0, 0.1) is 5.92 Å². The molecule has 0 unspecified atom stereocenters. The number of nitrogens with zero attached hydrogens (tertiary/aromatic N) is 6. The number of carbonyl (C=O) groups excluding carboxylic acids is 3. The largest absolute Gasteiger partial charge is 0.494 e. The molecular formula is C29H35N7O4. The number of ether oxygens (including phenoxy) is 1. The van der Waals surface area contributed by atoms with Gasteiger partial charge in [0.15, 0.2) is 0 Å². The van der Waals surface area contributed by atoms with Crippen LogP contribution in [0.1, 0.15) is 36.3 Å². The van der Waals surface area contributed by atoms with Crippen molar-refractivity contribution in [3.05, 3.63) is 72.6 Å². The Morgan fingerprint density at radius 1 is 1.02 bits per heavy atom. The number of likely N-dealkylation sites (tertiary alicyclic amines) is 1. The number of rotatable bonds is 6. The molecule has 4 heterocycles. The van der Waals surface area contributed by atoms with Gasteiger partial charge in [-0.05, 0) is 42.2 Å². The number of carbonyl (C=O) groups is 3. The van der Waals surface area contributed by atoms with Gasteiger partial charge in [0.25, 0.3) is 0 Å². The van der Waals surface area contributed by atoms with Gasteiger partial charge in [0, 0.05) is 64.0 Å². The predicted molar refractivity (Wildman–Crippen MR) is 146 cm³/mol. The summed E-state index contributed by atoms with van der Waals surface area (Å²) in [7, 11) is 0. The first-order valence-electron chi connectivity index (χ1n) is 13.8. The number of pyridine rings is 1. The van der Waals surface area contributed by atoms with E-state index in [1.54, 1.807) is 33.2 Å². The molecule has 0 saturated carbocycles. The summed E-state index contributed by atoms with van der Waals surface area (Å²) in [6, 6.07) is 11.5. The maximum absolute atomic E-state index is 13.5. The second kappa shape index (κ2) is 13.2. The molecule has 5 rings (SSSR count). The van der Waals surface area contributed by atoms with Gasteiger partial charge in [-0.15, -0.1) is 0 Å². The molecule has 2 atom stereocenters. The average Bonchev–Trinajstić information content (AvgIpc) is 3.65. The number of aryl methyl sites for hydroxylation is 1. The molecule has 40 heavy (non-hydrogen) atoms. The summed E-state index contributed by atoms with van der Waals surface area (Å²) >= 11 is 0. The third-order valence-corrected chi connectivity index (χ3v) is 7.49. The maximum atomic E-state index is 13.5. The van der Waals surface area contributed by atoms with E-state index in [4.69, 9.17) is 4.74 Å². The van der Waals surface area contributed by atoms with Gasteiger partial charge in [-0.3, -0.25) is 24.0 Å². The standard InChI is InChI=1S/C29H35N7O4/c37-27(8-3-12-36-21-31-20-33-36)34-11-4-14-40-24-7-1-6-23(16-24)25-18-35(19-26(25)29(39)32-10-13-34)28(38)15-22-5-2-9-30-17-22/h1-2,5-7,9,16-17,20-21,25-26H,3-4,8,10-15,18-19H2,(H,32,39)/t25-,26+/m1/s1. The molecule has 11 heteroatoms. The summed E-state index contributed by atoms with van der Waals surface area (Å²) in [5.41, 5.74) is 1.83. The summed E-state index contributed by atoms with van der Waals surface area (Å²) in [5, 5.41) is 7.14. The van der Waals surface area contributed by atoms with Crippen molar-refractivity contribution in [3.8, 4) is 5.75 Å². The van der Waals surface area contributed by atoms with Crippen LogP contribution in [0.4, 0.5) is 0 Å². The van der Waals surface area contributed by atoms with Crippen molar-refractivity contribution in [2.75, 3.05) is 39.3 Å². The maximum Gasteiger partial charge on any atom is 0.227 e. The highest BCUT2D eigenvalue weighted by Crippen LogP contribution is 2.35. The van der Waals surface area contributed by atoms with Crippen LogP contribution in [-0.2, 0) is 27.3 Å². The van der Waals surface area contributed by atoms with E-state index in [1.807, 2.05) is 36.4 Å². The van der Waals surface area contributed by atoms with Crippen LogP contribution >= 0.6 is 0 Å². The summed E-state index contributed by atoms with van der Waals surface area (Å²) in [5.74, 6) is 0.0700. The first-order valence-corrected chi connectivity index (χ1v) is 13.8. The van der Waals surface area contributed by atoms with Crippen LogP contribution in [0.15, 0.2) is 61.4 Å². The van der Waals surface area contributed by atoms with E-state index in [0.29, 0.717) is 65.1 Å². The number of aromatic nitrogens is 4. The molecule has 3 aromatic rings. The SMILES string of the molecule is O=C1NCCN(C(=O)CCCn2cncn2)CCCOc2cccc(c2)[C@H]2CN(C(=O)Cc3cccnc3)C[C@H]12. The zero-order valence-corrected chi connectivity index (χ0v) is 22.5. The molecule has 0 aliphatic carbocycles. The van der Waals surface area contributed by atoms with Crippen molar-refractivity contribution < 1.29 is 19.1 Å². The fraction of sp³-hybridized carbons (Fsp3) is 0.448. The molecule has 1 N–H and O–H groups in total. The van der Waals surface area contributed by atoms with Crippen molar-refractivity contribution in [2.24, 2.45) is 5.92 Å². The average molecular weight is 546 g/mol. The van der Waals surface area contributed by atoms with E-state index in [-0.39, 0.29) is 30.1 Å². The molecule has 2 aliphatic rings. The zero-order valence-electron chi connectivity index (χ0n) is 22.5. The third-order valence-electron chi connectivity index (χ3n) is 7.49. The van der Waals surface area contributed by atoms with Crippen LogP contribution < -0.4 is 10.1 Å². The lowest BCUT2D eigenvalue weighted by atomic mass is 9.88. The molecule has 0 radical (unpaired) electrons. The predicted octanol–water partition coefficient (Wildman–Crippen LogP) is 1.67. The Bertz CT molecular complexity index is 1280. The Labute approximate surface area is 233 Å². The minimum atomic E-state index is -0.400. The van der Waals surface area contributed by atoms with Crippen LogP contribution in [0.2, 0.25) is 0 Å². The van der Waals surface area contributed by atoms with Crippen molar-refractivity contribution in [1.82, 2.24) is 34.9 Å². The number of amides is 3. The lowest BCUT2D eigenvalue weighted by molar-refractivity contribution is -0.133. The molecule has 1 fully saturated rings. The number of fused-ring (bicyclic) bond motifs is 4. The van der Waals surface area contributed by atoms with Crippen LogP contribution in [0.3, 0.4) is 0 Å². The number of nitrogens with one attached hydrogen (secondary N) is 1. The Kier molecular flexibility index (Phi) is 9.00. The van der Waals surface area contributed by atoms with Crippen LogP contribution in [0.5, 0.6) is 5.75 Å². The van der Waals surface area contributed by atoms with Gasteiger partial charge in [0.1, 0.15) is 18.4 Å². The normalized spacial score (nSPS) is 19.8. The number of hydrogen-bond donors (Lipinski definition) is 1. The quantitative estimate of drug-likeness (QED) is 0.500. The first kappa shape index (κ1) is 27.3. The fourth-order valence-corrected chi connectivity index (χ4v) is 5.39. The molecule has 1 saturated heterocycles. The Morgan fingerprint density at radius 2 is 1.93 bits per heavy atom. The first-order chi connectivity index (χ1) is 19.6. The highest BCUT2D eigenvalue weighted by molar-refractivity contribution is 5.84. The summed E-state index contributed by atoms with van der Waals surface area (Å²) in [6.07, 6.45) is 8.45. The van der Waals surface area contributed by atoms with Gasteiger partial charge >= 0.3 is 0 Å². The van der Waals surface area contributed by atoms with E-state index >= 15 is 0 Å². The minimum Gasteiger partial charge on any atom is -0.494 e. The molecule has 210 valence electrons. The number of benzene rings is 1. The van der Waals surface area contributed by atoms with Crippen LogP contribution in [0.25, 0.3) is 0 Å². The molecular weight excluding hydrogens is 510 g/mol. The highest BCUT2D eigenvalue weighted by Gasteiger charge is 2.40. The van der Waals surface area contributed by atoms with E-state index in [9.17, 15) is 14.4 Å². The highest BCUT2D eigenvalue weighted by atomic mass is 16.5. The summed E-state index contributed by atoms with van der Waals surface area (Å²) in [6.45, 7) is 3.20. The van der Waals surface area contributed by atoms with Gasteiger partial charge < -0.3 is 19.9 Å². The van der Waals surface area contributed by atoms with Gasteiger partial charge in [0.2, 0.25) is 17.7 Å². The Balaban J connectivity index is 1.26. The Morgan fingerprint density at radius 3 is 2.75 bits per heavy atom. The molecule has 2 aromatic heterocycles. The lowest BCUT2D eigenvalue weighted by Gasteiger charge is -2.25.